The van der Waals surface area contributed by atoms with Gasteiger partial charge in [0.2, 0.25) is 0 Å². The van der Waals surface area contributed by atoms with Gasteiger partial charge >= 0.3 is 16.5 Å². The maximum atomic E-state index is 12.4. The summed E-state index contributed by atoms with van der Waals surface area (Å²) in [4.78, 5) is 23.1. The maximum absolute atomic E-state index is 12.4. The van der Waals surface area contributed by atoms with Crippen molar-refractivity contribution in [2.75, 3.05) is 23.7 Å². The van der Waals surface area contributed by atoms with E-state index >= 15 is 0 Å². The predicted octanol–water partition coefficient (Wildman–Crippen LogP) is 2.20. The van der Waals surface area contributed by atoms with Crippen LogP contribution in [-0.2, 0) is 21.3 Å². The number of rotatable bonds is 8. The quantitative estimate of drug-likeness (QED) is 0.382. The van der Waals surface area contributed by atoms with E-state index < -0.39 is 0 Å². The molecule has 1 radical (unpaired) electrons. The van der Waals surface area contributed by atoms with Gasteiger partial charge in [-0.25, -0.2) is 5.56 Å². The van der Waals surface area contributed by atoms with Crippen LogP contribution in [0.15, 0.2) is 17.4 Å². The summed E-state index contributed by atoms with van der Waals surface area (Å²) in [6, 6.07) is 0.126. The molecular weight excluding hydrogens is 393 g/mol. The zero-order chi connectivity index (χ0) is 17.4. The summed E-state index contributed by atoms with van der Waals surface area (Å²) in [7, 11) is 0. The van der Waals surface area contributed by atoms with Gasteiger partial charge in [-0.2, -0.15) is 0 Å². The molecule has 8 heteroatoms. The van der Waals surface area contributed by atoms with Crippen molar-refractivity contribution in [3.05, 3.63) is 43.2 Å². The molecular formula is C18H26N5NiOS. The second-order valence-corrected chi connectivity index (χ2v) is 6.72. The van der Waals surface area contributed by atoms with Crippen LogP contribution in [0.3, 0.4) is 0 Å². The second kappa shape index (κ2) is 12.9. The molecule has 1 atom stereocenters. The number of hydrogen-bond acceptors (Lipinski definition) is 6. The van der Waals surface area contributed by atoms with Crippen molar-refractivity contribution < 1.29 is 21.3 Å². The first-order valence-electron chi connectivity index (χ1n) is 8.05. The van der Waals surface area contributed by atoms with Crippen molar-refractivity contribution in [2.45, 2.75) is 32.2 Å². The van der Waals surface area contributed by atoms with Gasteiger partial charge in [0.05, 0.1) is 4.91 Å². The summed E-state index contributed by atoms with van der Waals surface area (Å²) >= 11 is 1.55. The molecule has 0 aliphatic carbocycles. The average molecular weight is 419 g/mol. The number of hydrogen-bond donors (Lipinski definition) is 2. The Kier molecular flexibility index (Phi) is 12.2. The van der Waals surface area contributed by atoms with Crippen LogP contribution in [0.1, 0.15) is 31.7 Å². The number of nitrogens with zero attached hydrogens (tertiary/aromatic N) is 3. The zero-order valence-corrected chi connectivity index (χ0v) is 17.0. The molecule has 1 aliphatic rings. The number of anilines is 1. The predicted molar refractivity (Wildman–Crippen MR) is 104 cm³/mol. The standard InChI is InChI=1S/C17H23N5OS.CH3.Ni/c1-3-14-10-19-12-20-16(14)22-8-9-24-15(11-22)17(23)21-13(2)6-4-5-7-18;;/h1,3,11-13H,4-9,18H2,2H3,(H,21,23);1H3;/q-2;-1;+3. The van der Waals surface area contributed by atoms with Crippen LogP contribution in [0.25, 0.3) is 6.08 Å². The summed E-state index contributed by atoms with van der Waals surface area (Å²) < 4.78 is 0. The number of carbonyl (C=O) groups is 1. The second-order valence-electron chi connectivity index (χ2n) is 5.58. The van der Waals surface area contributed by atoms with E-state index in [-0.39, 0.29) is 35.9 Å². The third-order valence-corrected chi connectivity index (χ3v) is 4.65. The van der Waals surface area contributed by atoms with Gasteiger partial charge in [0.15, 0.2) is 0 Å². The number of unbranched alkanes of at least 4 members (excludes halogenated alkanes) is 1. The van der Waals surface area contributed by atoms with Crippen LogP contribution in [0.4, 0.5) is 5.82 Å². The molecule has 1 aromatic rings. The van der Waals surface area contributed by atoms with Gasteiger partial charge in [-0.3, -0.25) is 4.79 Å². The minimum atomic E-state index is -0.0544. The molecule has 0 saturated heterocycles. The number of aromatic nitrogens is 2. The van der Waals surface area contributed by atoms with Crippen molar-refractivity contribution >= 4 is 29.6 Å². The first-order chi connectivity index (χ1) is 11.7. The molecule has 1 unspecified atom stereocenters. The molecule has 145 valence electrons. The molecule has 6 nitrogen and oxygen atoms in total. The Labute approximate surface area is 171 Å². The van der Waals surface area contributed by atoms with Crippen molar-refractivity contribution in [1.82, 2.24) is 15.3 Å². The van der Waals surface area contributed by atoms with Gasteiger partial charge in [-0.1, -0.05) is 6.42 Å². The van der Waals surface area contributed by atoms with E-state index in [1.807, 2.05) is 18.0 Å². The molecule has 0 fully saturated rings. The Morgan fingerprint density at radius 3 is 3.04 bits per heavy atom. The minimum Gasteiger partial charge on any atom is -0.386 e. The van der Waals surface area contributed by atoms with E-state index in [4.69, 9.17) is 12.3 Å². The third-order valence-electron chi connectivity index (χ3n) is 3.66. The van der Waals surface area contributed by atoms with Gasteiger partial charge in [-0.15, -0.1) is 18.0 Å². The fourth-order valence-corrected chi connectivity index (χ4v) is 3.29. The van der Waals surface area contributed by atoms with E-state index in [1.54, 1.807) is 11.8 Å². The fraction of sp³-hybridized carbons (Fsp3) is 0.444. The summed E-state index contributed by atoms with van der Waals surface area (Å²) in [6.07, 6.45) is 10.4. The molecule has 26 heavy (non-hydrogen) atoms. The van der Waals surface area contributed by atoms with Crippen LogP contribution in [0.5, 0.6) is 0 Å². The molecule has 1 amide bonds. The topological polar surface area (TPSA) is 84.1 Å². The van der Waals surface area contributed by atoms with Crippen molar-refractivity contribution in [3.8, 4) is 0 Å². The first-order valence-corrected chi connectivity index (χ1v) is 9.04. The monoisotopic (exact) mass is 418 g/mol. The Balaban J connectivity index is 0.00000312. The molecule has 1 aromatic heterocycles. The number of carbonyl (C=O) groups excluding carboxylic acids is 1. The van der Waals surface area contributed by atoms with Crippen LogP contribution >= 0.6 is 11.8 Å². The Bertz CT molecular complexity index is 611. The van der Waals surface area contributed by atoms with E-state index in [0.717, 1.165) is 31.6 Å². The van der Waals surface area contributed by atoms with Gasteiger partial charge in [-0.05, 0) is 32.1 Å². The van der Waals surface area contributed by atoms with Gasteiger partial charge in [0, 0.05) is 30.9 Å². The van der Waals surface area contributed by atoms with Crippen molar-refractivity contribution in [1.29, 1.82) is 0 Å². The number of nitrogens with one attached hydrogen (secondary N) is 1. The SMILES string of the molecule is [CH-]=Cc1[c-]ncnc1N1C=C(C(=O)NC(C)CCCCN)SCC1.[CH3-].[Ni+3]. The number of nitrogens with two attached hydrogens (primary N) is 1. The smallest absolute Gasteiger partial charge is 0.386 e. The summed E-state index contributed by atoms with van der Waals surface area (Å²) in [5.74, 6) is 1.41. The Hall–Kier alpha value is -1.37. The van der Waals surface area contributed by atoms with Crippen LogP contribution < -0.4 is 16.0 Å². The van der Waals surface area contributed by atoms with E-state index in [2.05, 4.69) is 21.5 Å². The fourth-order valence-electron chi connectivity index (χ4n) is 2.39. The first kappa shape index (κ1) is 24.6. The van der Waals surface area contributed by atoms with Crippen LogP contribution in [0.2, 0.25) is 0 Å². The Morgan fingerprint density at radius 1 is 1.58 bits per heavy atom. The Morgan fingerprint density at radius 2 is 2.35 bits per heavy atom. The van der Waals surface area contributed by atoms with Gasteiger partial charge < -0.3 is 46.0 Å². The normalized spacial score (nSPS) is 14.4. The van der Waals surface area contributed by atoms with Gasteiger partial charge in [0.1, 0.15) is 0 Å². The van der Waals surface area contributed by atoms with Crippen LogP contribution in [0, 0.1) is 20.2 Å². The van der Waals surface area contributed by atoms with E-state index in [1.165, 1.54) is 12.4 Å². The number of thioether (sulfide) groups is 1. The largest absolute Gasteiger partial charge is 3.00 e. The summed E-state index contributed by atoms with van der Waals surface area (Å²) in [5.41, 5.74) is 6.12. The minimum absolute atomic E-state index is 0. The third kappa shape index (κ3) is 7.10. The van der Waals surface area contributed by atoms with Crippen molar-refractivity contribution in [3.63, 3.8) is 0 Å². The molecule has 0 saturated carbocycles. The molecule has 0 aromatic carbocycles. The molecule has 1 aliphatic heterocycles. The van der Waals surface area contributed by atoms with E-state index in [0.29, 0.717) is 22.8 Å². The molecule has 0 spiro atoms. The van der Waals surface area contributed by atoms with Crippen molar-refractivity contribution in [2.24, 2.45) is 5.73 Å². The summed E-state index contributed by atoms with van der Waals surface area (Å²) in [5, 5.41) is 3.04. The van der Waals surface area contributed by atoms with Gasteiger partial charge in [0.25, 0.3) is 5.91 Å². The summed E-state index contributed by atoms with van der Waals surface area (Å²) in [6.45, 7) is 9.05. The molecule has 3 N–H and O–H groups in total. The van der Waals surface area contributed by atoms with E-state index in [9.17, 15) is 4.79 Å². The average Bonchev–Trinajstić information content (AvgIpc) is 2.62. The number of amides is 1. The molecule has 2 rings (SSSR count). The maximum Gasteiger partial charge on any atom is 3.00 e. The molecule has 2 heterocycles. The molecule has 0 bridgehead atoms. The van der Waals surface area contributed by atoms with Crippen LogP contribution in [-0.4, -0.2) is 40.8 Å². The zero-order valence-electron chi connectivity index (χ0n) is 15.2.